The molecular formula is C18H27NO2. The fourth-order valence-electron chi connectivity index (χ4n) is 3.66. The van der Waals surface area contributed by atoms with Gasteiger partial charge in [-0.3, -0.25) is 4.90 Å². The third-order valence-electron chi connectivity index (χ3n) is 5.20. The van der Waals surface area contributed by atoms with Crippen molar-refractivity contribution in [1.29, 1.82) is 0 Å². The van der Waals surface area contributed by atoms with Gasteiger partial charge in [0.15, 0.2) is 0 Å². The number of aromatic hydroxyl groups is 1. The summed E-state index contributed by atoms with van der Waals surface area (Å²) >= 11 is 0. The summed E-state index contributed by atoms with van der Waals surface area (Å²) in [6.07, 6.45) is 8.11. The van der Waals surface area contributed by atoms with Crippen molar-refractivity contribution in [2.24, 2.45) is 5.92 Å². The Balaban J connectivity index is 1.66. The predicted molar refractivity (Wildman–Crippen MR) is 84.1 cm³/mol. The molecule has 2 saturated carbocycles. The topological polar surface area (TPSA) is 43.7 Å². The number of rotatable bonds is 5. The average molecular weight is 289 g/mol. The van der Waals surface area contributed by atoms with Gasteiger partial charge in [0, 0.05) is 19.1 Å². The molecule has 0 atom stereocenters. The molecule has 0 heterocycles. The standard InChI is InChI=1S/C18H27NO2/c20-17-9-7-16(8-10-17)19(12-14-3-1-4-14)13-15-5-2-6-18(21)11-15/h2,5-6,11,14,16-17,20-21H,1,3-4,7-10,12-13H2. The van der Waals surface area contributed by atoms with E-state index in [0.29, 0.717) is 11.8 Å². The van der Waals surface area contributed by atoms with Crippen molar-refractivity contribution in [2.75, 3.05) is 6.54 Å². The van der Waals surface area contributed by atoms with E-state index >= 15 is 0 Å². The minimum absolute atomic E-state index is 0.0902. The summed E-state index contributed by atoms with van der Waals surface area (Å²) < 4.78 is 0. The molecular weight excluding hydrogens is 262 g/mol. The van der Waals surface area contributed by atoms with Gasteiger partial charge in [-0.05, 0) is 62.1 Å². The summed E-state index contributed by atoms with van der Waals surface area (Å²) in [6, 6.07) is 8.24. The van der Waals surface area contributed by atoms with E-state index in [9.17, 15) is 10.2 Å². The number of hydrogen-bond donors (Lipinski definition) is 2. The smallest absolute Gasteiger partial charge is 0.115 e. The molecule has 0 saturated heterocycles. The molecule has 3 rings (SSSR count). The van der Waals surface area contributed by atoms with Gasteiger partial charge in [-0.1, -0.05) is 18.6 Å². The number of benzene rings is 1. The van der Waals surface area contributed by atoms with Crippen LogP contribution in [0.25, 0.3) is 0 Å². The van der Waals surface area contributed by atoms with Crippen molar-refractivity contribution in [3.05, 3.63) is 29.8 Å². The van der Waals surface area contributed by atoms with Crippen LogP contribution in [0, 0.1) is 5.92 Å². The van der Waals surface area contributed by atoms with Crippen LogP contribution in [-0.4, -0.2) is 33.8 Å². The highest BCUT2D eigenvalue weighted by Gasteiger charge is 2.28. The van der Waals surface area contributed by atoms with Crippen LogP contribution in [0.5, 0.6) is 5.75 Å². The normalized spacial score (nSPS) is 26.8. The number of nitrogens with zero attached hydrogens (tertiary/aromatic N) is 1. The molecule has 116 valence electrons. The summed E-state index contributed by atoms with van der Waals surface area (Å²) in [6.45, 7) is 2.10. The third kappa shape index (κ3) is 3.98. The van der Waals surface area contributed by atoms with E-state index in [-0.39, 0.29) is 6.10 Å². The molecule has 2 fully saturated rings. The van der Waals surface area contributed by atoms with E-state index in [1.807, 2.05) is 12.1 Å². The van der Waals surface area contributed by atoms with E-state index in [2.05, 4.69) is 11.0 Å². The van der Waals surface area contributed by atoms with Crippen LogP contribution in [-0.2, 0) is 6.54 Å². The van der Waals surface area contributed by atoms with E-state index in [1.165, 1.54) is 31.4 Å². The Morgan fingerprint density at radius 3 is 2.43 bits per heavy atom. The Hall–Kier alpha value is -1.06. The first-order valence-electron chi connectivity index (χ1n) is 8.41. The van der Waals surface area contributed by atoms with Crippen molar-refractivity contribution in [3.8, 4) is 5.75 Å². The second-order valence-corrected chi connectivity index (χ2v) is 6.86. The SMILES string of the molecule is Oc1cccc(CN(CC2CCC2)C2CCC(O)CC2)c1. The summed E-state index contributed by atoms with van der Waals surface area (Å²) in [5, 5.41) is 19.4. The van der Waals surface area contributed by atoms with Crippen LogP contribution in [0.2, 0.25) is 0 Å². The van der Waals surface area contributed by atoms with Crippen LogP contribution in [0.4, 0.5) is 0 Å². The molecule has 2 aliphatic rings. The highest BCUT2D eigenvalue weighted by atomic mass is 16.3. The quantitative estimate of drug-likeness (QED) is 0.874. The van der Waals surface area contributed by atoms with Crippen LogP contribution in [0.1, 0.15) is 50.5 Å². The zero-order chi connectivity index (χ0) is 14.7. The Morgan fingerprint density at radius 2 is 1.81 bits per heavy atom. The van der Waals surface area contributed by atoms with Gasteiger partial charge in [0.05, 0.1) is 6.10 Å². The molecule has 1 aromatic carbocycles. The second kappa shape index (κ2) is 6.80. The molecule has 2 N–H and O–H groups in total. The Morgan fingerprint density at radius 1 is 1.05 bits per heavy atom. The number of aliphatic hydroxyl groups is 1. The lowest BCUT2D eigenvalue weighted by Crippen LogP contribution is -2.42. The first-order valence-corrected chi connectivity index (χ1v) is 8.41. The van der Waals surface area contributed by atoms with Gasteiger partial charge in [-0.15, -0.1) is 0 Å². The van der Waals surface area contributed by atoms with Crippen LogP contribution < -0.4 is 0 Å². The summed E-state index contributed by atoms with van der Waals surface area (Å²) in [5.41, 5.74) is 1.19. The molecule has 0 aromatic heterocycles. The van der Waals surface area contributed by atoms with Gasteiger partial charge in [-0.25, -0.2) is 0 Å². The van der Waals surface area contributed by atoms with E-state index in [0.717, 1.165) is 38.1 Å². The van der Waals surface area contributed by atoms with Gasteiger partial charge >= 0.3 is 0 Å². The first kappa shape index (κ1) is 14.9. The van der Waals surface area contributed by atoms with Crippen LogP contribution in [0.3, 0.4) is 0 Å². The summed E-state index contributed by atoms with van der Waals surface area (Å²) in [5.74, 6) is 1.21. The first-order chi connectivity index (χ1) is 10.2. The Bertz CT molecular complexity index is 450. The van der Waals surface area contributed by atoms with Gasteiger partial charge < -0.3 is 10.2 Å². The molecule has 1 aromatic rings. The largest absolute Gasteiger partial charge is 0.508 e. The van der Waals surface area contributed by atoms with Crippen LogP contribution >= 0.6 is 0 Å². The van der Waals surface area contributed by atoms with Gasteiger partial charge in [-0.2, -0.15) is 0 Å². The maximum Gasteiger partial charge on any atom is 0.115 e. The number of hydrogen-bond acceptors (Lipinski definition) is 3. The second-order valence-electron chi connectivity index (χ2n) is 6.86. The zero-order valence-corrected chi connectivity index (χ0v) is 12.7. The summed E-state index contributed by atoms with van der Waals surface area (Å²) in [4.78, 5) is 2.60. The number of aliphatic hydroxyl groups excluding tert-OH is 1. The molecule has 0 amide bonds. The van der Waals surface area contributed by atoms with Crippen molar-refractivity contribution < 1.29 is 10.2 Å². The van der Waals surface area contributed by atoms with Crippen LogP contribution in [0.15, 0.2) is 24.3 Å². The Labute approximate surface area is 127 Å². The third-order valence-corrected chi connectivity index (χ3v) is 5.20. The lowest BCUT2D eigenvalue weighted by Gasteiger charge is -2.40. The van der Waals surface area contributed by atoms with Crippen molar-refractivity contribution in [1.82, 2.24) is 4.90 Å². The molecule has 0 spiro atoms. The zero-order valence-electron chi connectivity index (χ0n) is 12.7. The molecule has 2 aliphatic carbocycles. The molecule has 0 radical (unpaired) electrons. The highest BCUT2D eigenvalue weighted by Crippen LogP contribution is 2.31. The number of phenolic OH excluding ortho intramolecular Hbond substituents is 1. The van der Waals surface area contributed by atoms with Gasteiger partial charge in [0.25, 0.3) is 0 Å². The van der Waals surface area contributed by atoms with Gasteiger partial charge in [0.2, 0.25) is 0 Å². The van der Waals surface area contributed by atoms with Crippen molar-refractivity contribution >= 4 is 0 Å². The predicted octanol–water partition coefficient (Wildman–Crippen LogP) is 3.30. The van der Waals surface area contributed by atoms with E-state index < -0.39 is 0 Å². The van der Waals surface area contributed by atoms with E-state index in [1.54, 1.807) is 6.07 Å². The Kier molecular flexibility index (Phi) is 4.81. The monoisotopic (exact) mass is 289 g/mol. The number of phenols is 1. The van der Waals surface area contributed by atoms with E-state index in [4.69, 9.17) is 0 Å². The summed E-state index contributed by atoms with van der Waals surface area (Å²) in [7, 11) is 0. The minimum atomic E-state index is -0.0902. The molecule has 0 aliphatic heterocycles. The molecule has 0 unspecified atom stereocenters. The highest BCUT2D eigenvalue weighted by molar-refractivity contribution is 5.27. The van der Waals surface area contributed by atoms with Crippen molar-refractivity contribution in [3.63, 3.8) is 0 Å². The molecule has 0 bridgehead atoms. The molecule has 3 nitrogen and oxygen atoms in total. The maximum absolute atomic E-state index is 9.72. The molecule has 21 heavy (non-hydrogen) atoms. The average Bonchev–Trinajstić information content (AvgIpc) is 2.42. The van der Waals surface area contributed by atoms with Gasteiger partial charge in [0.1, 0.15) is 5.75 Å². The maximum atomic E-state index is 9.72. The van der Waals surface area contributed by atoms with Crippen molar-refractivity contribution in [2.45, 2.75) is 63.6 Å². The fraction of sp³-hybridized carbons (Fsp3) is 0.667. The lowest BCUT2D eigenvalue weighted by molar-refractivity contribution is 0.0535. The minimum Gasteiger partial charge on any atom is -0.508 e. The fourth-order valence-corrected chi connectivity index (χ4v) is 3.66. The lowest BCUT2D eigenvalue weighted by atomic mass is 9.83. The molecule has 3 heteroatoms.